The molecule has 1 fully saturated rings. The number of benzene rings is 2. The summed E-state index contributed by atoms with van der Waals surface area (Å²) in [5.41, 5.74) is 2.62. The number of nitrogens with one attached hydrogen (secondary N) is 1. The van der Waals surface area contributed by atoms with E-state index < -0.39 is 22.8 Å². The average Bonchev–Trinajstić information content (AvgIpc) is 3.02. The fourth-order valence-electron chi connectivity index (χ4n) is 3.34. The van der Waals surface area contributed by atoms with E-state index in [0.717, 1.165) is 28.9 Å². The molecular weight excluding hydrogens is 436 g/mol. The summed E-state index contributed by atoms with van der Waals surface area (Å²) in [4.78, 5) is 31.8. The highest BCUT2D eigenvalue weighted by Crippen LogP contribution is 2.34. The van der Waals surface area contributed by atoms with Gasteiger partial charge in [-0.2, -0.15) is 0 Å². The molecule has 0 aromatic heterocycles. The lowest BCUT2D eigenvalue weighted by atomic mass is 10.1. The van der Waals surface area contributed by atoms with Crippen LogP contribution in [0.5, 0.6) is 0 Å². The van der Waals surface area contributed by atoms with Crippen molar-refractivity contribution in [1.82, 2.24) is 4.90 Å². The van der Waals surface area contributed by atoms with Crippen LogP contribution in [0, 0.1) is 25.5 Å². The smallest absolute Gasteiger partial charge is 0.242 e. The Morgan fingerprint density at radius 3 is 2.59 bits per heavy atom. The lowest BCUT2D eigenvalue weighted by molar-refractivity contribution is -0.128. The van der Waals surface area contributed by atoms with Crippen molar-refractivity contribution in [2.24, 2.45) is 4.99 Å². The lowest BCUT2D eigenvalue weighted by Gasteiger charge is -2.17. The molecule has 0 aliphatic carbocycles. The first kappa shape index (κ1) is 23.9. The maximum absolute atomic E-state index is 13.8. The van der Waals surface area contributed by atoms with Crippen LogP contribution in [0.3, 0.4) is 0 Å². The molecule has 0 bridgehead atoms. The van der Waals surface area contributed by atoms with Crippen molar-refractivity contribution in [3.8, 4) is 0 Å². The Morgan fingerprint density at radius 2 is 1.94 bits per heavy atom. The van der Waals surface area contributed by atoms with Crippen molar-refractivity contribution in [2.75, 3.05) is 25.6 Å². The summed E-state index contributed by atoms with van der Waals surface area (Å²) in [5, 5.41) is 2.24. The van der Waals surface area contributed by atoms with Crippen LogP contribution in [-0.4, -0.2) is 47.4 Å². The predicted octanol–water partition coefficient (Wildman–Crippen LogP) is 4.58. The Kier molecular flexibility index (Phi) is 7.98. The van der Waals surface area contributed by atoms with Gasteiger partial charge in [0.15, 0.2) is 5.17 Å². The maximum atomic E-state index is 13.8. The molecule has 3 rings (SSSR count). The van der Waals surface area contributed by atoms with E-state index in [4.69, 9.17) is 9.73 Å². The number of thioether (sulfide) groups is 1. The molecule has 9 heteroatoms. The minimum Gasteiger partial charge on any atom is -0.385 e. The number of amidine groups is 1. The van der Waals surface area contributed by atoms with Crippen LogP contribution in [0.15, 0.2) is 41.4 Å². The average molecular weight is 462 g/mol. The van der Waals surface area contributed by atoms with Crippen LogP contribution in [0.1, 0.15) is 24.0 Å². The fourth-order valence-corrected chi connectivity index (χ4v) is 4.51. The lowest BCUT2D eigenvalue weighted by Crippen LogP contribution is -2.34. The van der Waals surface area contributed by atoms with Crippen molar-refractivity contribution < 1.29 is 23.1 Å². The van der Waals surface area contributed by atoms with E-state index in [1.165, 1.54) is 11.8 Å². The van der Waals surface area contributed by atoms with Gasteiger partial charge in [-0.15, -0.1) is 0 Å². The van der Waals surface area contributed by atoms with Crippen LogP contribution in [-0.2, 0) is 14.3 Å². The van der Waals surface area contributed by atoms with Crippen LogP contribution in [0.25, 0.3) is 0 Å². The number of carbonyl (C=O) groups excluding carboxylic acids is 2. The first-order valence-corrected chi connectivity index (χ1v) is 11.0. The number of anilines is 1. The number of methoxy groups -OCH3 is 1. The summed E-state index contributed by atoms with van der Waals surface area (Å²) < 4.78 is 32.0. The molecule has 1 atom stereocenters. The second-order valence-electron chi connectivity index (χ2n) is 7.45. The van der Waals surface area contributed by atoms with Crippen molar-refractivity contribution in [1.29, 1.82) is 0 Å². The number of amides is 2. The first-order valence-electron chi connectivity index (χ1n) is 10.2. The molecule has 1 heterocycles. The molecule has 170 valence electrons. The summed E-state index contributed by atoms with van der Waals surface area (Å²) in [7, 11) is 1.59. The van der Waals surface area contributed by atoms with E-state index >= 15 is 0 Å². The van der Waals surface area contributed by atoms with Gasteiger partial charge in [0.25, 0.3) is 0 Å². The first-order chi connectivity index (χ1) is 15.3. The van der Waals surface area contributed by atoms with Crippen molar-refractivity contribution in [3.05, 3.63) is 59.2 Å². The Labute approximate surface area is 190 Å². The van der Waals surface area contributed by atoms with E-state index in [-0.39, 0.29) is 18.0 Å². The van der Waals surface area contributed by atoms with E-state index in [1.807, 2.05) is 32.0 Å². The number of hydrogen-bond acceptors (Lipinski definition) is 5. The summed E-state index contributed by atoms with van der Waals surface area (Å²) >= 11 is 1.21. The monoisotopic (exact) mass is 461 g/mol. The molecule has 1 unspecified atom stereocenters. The van der Waals surface area contributed by atoms with E-state index in [2.05, 4.69) is 5.32 Å². The number of hydrogen-bond donors (Lipinski definition) is 1. The molecule has 0 radical (unpaired) electrons. The Morgan fingerprint density at radius 1 is 1.22 bits per heavy atom. The second-order valence-corrected chi connectivity index (χ2v) is 8.62. The van der Waals surface area contributed by atoms with Gasteiger partial charge < -0.3 is 10.1 Å². The van der Waals surface area contributed by atoms with Gasteiger partial charge in [-0.3, -0.25) is 14.5 Å². The van der Waals surface area contributed by atoms with E-state index in [9.17, 15) is 18.4 Å². The van der Waals surface area contributed by atoms with Crippen LogP contribution in [0.4, 0.5) is 20.2 Å². The van der Waals surface area contributed by atoms with Crippen LogP contribution < -0.4 is 5.32 Å². The van der Waals surface area contributed by atoms with Gasteiger partial charge >= 0.3 is 0 Å². The van der Waals surface area contributed by atoms with Crippen LogP contribution in [0.2, 0.25) is 0 Å². The number of para-hydroxylation sites is 1. The maximum Gasteiger partial charge on any atom is 0.242 e. The van der Waals surface area contributed by atoms with Gasteiger partial charge in [0.05, 0.1) is 11.4 Å². The number of halogens is 2. The van der Waals surface area contributed by atoms with Gasteiger partial charge in [-0.1, -0.05) is 30.0 Å². The third-order valence-electron chi connectivity index (χ3n) is 4.97. The third kappa shape index (κ3) is 5.72. The second kappa shape index (κ2) is 10.7. The van der Waals surface area contributed by atoms with Crippen LogP contribution >= 0.6 is 11.8 Å². The molecule has 32 heavy (non-hydrogen) atoms. The topological polar surface area (TPSA) is 71.0 Å². The number of nitrogens with zero attached hydrogens (tertiary/aromatic N) is 2. The zero-order valence-corrected chi connectivity index (χ0v) is 19.0. The quantitative estimate of drug-likeness (QED) is 0.585. The number of ether oxygens (including phenoxy) is 1. The minimum absolute atomic E-state index is 0.131. The Bertz CT molecular complexity index is 1020. The highest BCUT2D eigenvalue weighted by atomic mass is 32.2. The molecule has 6 nitrogen and oxygen atoms in total. The van der Waals surface area contributed by atoms with E-state index in [1.54, 1.807) is 12.0 Å². The molecule has 2 aromatic rings. The molecule has 0 saturated carbocycles. The van der Waals surface area contributed by atoms with Gasteiger partial charge in [0.1, 0.15) is 16.9 Å². The van der Waals surface area contributed by atoms with Gasteiger partial charge in [0, 0.05) is 32.7 Å². The zero-order chi connectivity index (χ0) is 23.3. The molecule has 1 saturated heterocycles. The normalized spacial score (nSPS) is 17.3. The van der Waals surface area contributed by atoms with E-state index in [0.29, 0.717) is 30.8 Å². The minimum atomic E-state index is -0.873. The molecular formula is C23H25F2N3O3S. The molecule has 1 aliphatic heterocycles. The zero-order valence-electron chi connectivity index (χ0n) is 18.2. The standard InChI is InChI=1S/C23H25F2N3O3S/c1-14-6-4-7-15(2)21(14)27-23-28(10-5-11-31-3)22(30)19(32-23)13-20(29)26-18-9-8-16(24)12-17(18)25/h4,6-9,12,19H,5,10-11,13H2,1-3H3,(H,26,29). The summed E-state index contributed by atoms with van der Waals surface area (Å²) in [6, 6.07) is 8.74. The third-order valence-corrected chi connectivity index (χ3v) is 6.15. The molecule has 2 aromatic carbocycles. The summed E-state index contributed by atoms with van der Waals surface area (Å²) in [6.07, 6.45) is 0.459. The fraction of sp³-hybridized carbons (Fsp3) is 0.348. The number of aryl methyl sites for hydroxylation is 2. The van der Waals surface area contributed by atoms with Gasteiger partial charge in [-0.05, 0) is 43.5 Å². The molecule has 2 amide bonds. The largest absolute Gasteiger partial charge is 0.385 e. The van der Waals surface area contributed by atoms with Gasteiger partial charge in [-0.25, -0.2) is 13.8 Å². The molecule has 1 N–H and O–H groups in total. The SMILES string of the molecule is COCCCN1C(=O)C(CC(=O)Nc2ccc(F)cc2F)SC1=Nc1c(C)cccc1C. The number of rotatable bonds is 8. The molecule has 0 spiro atoms. The summed E-state index contributed by atoms with van der Waals surface area (Å²) in [6.45, 7) is 4.80. The van der Waals surface area contributed by atoms with Crippen molar-refractivity contribution >= 4 is 40.1 Å². The Balaban J connectivity index is 1.79. The summed E-state index contributed by atoms with van der Waals surface area (Å²) in [5.74, 6) is -2.37. The highest BCUT2D eigenvalue weighted by molar-refractivity contribution is 8.15. The number of carbonyl (C=O) groups is 2. The van der Waals surface area contributed by atoms with Gasteiger partial charge in [0.2, 0.25) is 11.8 Å². The molecule has 1 aliphatic rings. The predicted molar refractivity (Wildman–Crippen MR) is 122 cm³/mol. The van der Waals surface area contributed by atoms with Crippen molar-refractivity contribution in [2.45, 2.75) is 31.9 Å². The number of aliphatic imine (C=N–C) groups is 1. The van der Waals surface area contributed by atoms with Crippen molar-refractivity contribution in [3.63, 3.8) is 0 Å². The Hall–Kier alpha value is -2.78. The highest BCUT2D eigenvalue weighted by Gasteiger charge is 2.39.